The molecule has 1 atom stereocenters. The Hall–Kier alpha value is -0.533. The second kappa shape index (κ2) is 5.20. The summed E-state index contributed by atoms with van der Waals surface area (Å²) < 4.78 is 0. The summed E-state index contributed by atoms with van der Waals surface area (Å²) >= 11 is 6.97. The third kappa shape index (κ3) is 2.25. The van der Waals surface area contributed by atoms with Crippen molar-refractivity contribution >= 4 is 23.6 Å². The monoisotopic (exact) mass is 250 g/mol. The quantitative estimate of drug-likeness (QED) is 0.557. The van der Waals surface area contributed by atoms with Crippen molar-refractivity contribution in [3.8, 4) is 0 Å². The molecule has 0 aromatic heterocycles. The highest BCUT2D eigenvalue weighted by Gasteiger charge is 2.39. The summed E-state index contributed by atoms with van der Waals surface area (Å²) in [5, 5.41) is 2.97. The Kier molecular flexibility index (Phi) is 3.88. The second-order valence-corrected chi connectivity index (χ2v) is 9.80. The molecule has 0 nitrogen and oxygen atoms in total. The number of benzene rings is 1. The lowest BCUT2D eigenvalue weighted by Crippen LogP contribution is -2.42. The zero-order valence-corrected chi connectivity index (χ0v) is 11.6. The zero-order valence-electron chi connectivity index (χ0n) is 9.88. The molecule has 16 heavy (non-hydrogen) atoms. The van der Waals surface area contributed by atoms with E-state index in [1.165, 1.54) is 36.9 Å². The van der Waals surface area contributed by atoms with E-state index in [0.29, 0.717) is 0 Å². The van der Waals surface area contributed by atoms with Crippen molar-refractivity contribution in [2.75, 3.05) is 0 Å². The SMILES string of the molecule is CCCCC1=CCC[Si@@]1(Cl)c1ccccc1. The first-order valence-electron chi connectivity index (χ1n) is 6.21. The van der Waals surface area contributed by atoms with Crippen LogP contribution in [-0.2, 0) is 0 Å². The van der Waals surface area contributed by atoms with Crippen LogP contribution in [0, 0.1) is 0 Å². The van der Waals surface area contributed by atoms with Crippen LogP contribution in [0.1, 0.15) is 32.6 Å². The fourth-order valence-corrected chi connectivity index (χ4v) is 6.97. The van der Waals surface area contributed by atoms with Crippen molar-refractivity contribution in [2.24, 2.45) is 0 Å². The van der Waals surface area contributed by atoms with Crippen LogP contribution in [0.25, 0.3) is 0 Å². The Balaban J connectivity index is 2.21. The highest BCUT2D eigenvalue weighted by molar-refractivity contribution is 7.31. The van der Waals surface area contributed by atoms with Gasteiger partial charge in [0.15, 0.2) is 0 Å². The molecule has 1 aliphatic rings. The van der Waals surface area contributed by atoms with E-state index in [1.54, 1.807) is 5.20 Å². The lowest BCUT2D eigenvalue weighted by atomic mass is 10.2. The smallest absolute Gasteiger partial charge is 0.155 e. The van der Waals surface area contributed by atoms with Gasteiger partial charge in [0.25, 0.3) is 0 Å². The van der Waals surface area contributed by atoms with Gasteiger partial charge in [-0.25, -0.2) is 0 Å². The van der Waals surface area contributed by atoms with Gasteiger partial charge in [0.05, 0.1) is 0 Å². The van der Waals surface area contributed by atoms with Crippen LogP contribution >= 0.6 is 11.1 Å². The number of rotatable bonds is 4. The van der Waals surface area contributed by atoms with Crippen molar-refractivity contribution in [3.63, 3.8) is 0 Å². The van der Waals surface area contributed by atoms with E-state index in [1.807, 2.05) is 0 Å². The summed E-state index contributed by atoms with van der Waals surface area (Å²) in [6, 6.07) is 11.9. The predicted molar refractivity (Wildman–Crippen MR) is 74.7 cm³/mol. The molecule has 1 aliphatic heterocycles. The lowest BCUT2D eigenvalue weighted by Gasteiger charge is -2.23. The molecule has 0 saturated carbocycles. The number of unbranched alkanes of at least 4 members (excludes halogenated alkanes) is 1. The second-order valence-electron chi connectivity index (χ2n) is 4.54. The molecule has 1 aromatic carbocycles. The average molecular weight is 251 g/mol. The molecule has 0 aliphatic carbocycles. The summed E-state index contributed by atoms with van der Waals surface area (Å²) in [4.78, 5) is 0. The number of hydrogen-bond acceptors (Lipinski definition) is 0. The van der Waals surface area contributed by atoms with E-state index in [-0.39, 0.29) is 0 Å². The highest BCUT2D eigenvalue weighted by atomic mass is 35.6. The fraction of sp³-hybridized carbons (Fsp3) is 0.429. The van der Waals surface area contributed by atoms with Crippen LogP contribution in [0.3, 0.4) is 0 Å². The third-order valence-electron chi connectivity index (χ3n) is 3.42. The van der Waals surface area contributed by atoms with Gasteiger partial charge >= 0.3 is 0 Å². The first-order valence-corrected chi connectivity index (χ1v) is 9.43. The van der Waals surface area contributed by atoms with Gasteiger partial charge in [-0.05, 0) is 24.1 Å². The molecule has 2 rings (SSSR count). The van der Waals surface area contributed by atoms with E-state index in [4.69, 9.17) is 11.1 Å². The van der Waals surface area contributed by atoms with Crippen molar-refractivity contribution in [1.29, 1.82) is 0 Å². The van der Waals surface area contributed by atoms with Gasteiger partial charge in [0.2, 0.25) is 7.38 Å². The van der Waals surface area contributed by atoms with Crippen LogP contribution in [0.2, 0.25) is 6.04 Å². The number of allylic oxidation sites excluding steroid dienone is 2. The van der Waals surface area contributed by atoms with Gasteiger partial charge < -0.3 is 0 Å². The van der Waals surface area contributed by atoms with Crippen molar-refractivity contribution in [1.82, 2.24) is 0 Å². The molecule has 1 heterocycles. The molecule has 0 spiro atoms. The van der Waals surface area contributed by atoms with E-state index in [2.05, 4.69) is 43.3 Å². The summed E-state index contributed by atoms with van der Waals surface area (Å²) in [5.41, 5.74) is 0. The Labute approximate surface area is 104 Å². The Morgan fingerprint density at radius 2 is 2.00 bits per heavy atom. The first-order chi connectivity index (χ1) is 7.77. The van der Waals surface area contributed by atoms with Crippen molar-refractivity contribution < 1.29 is 0 Å². The summed E-state index contributed by atoms with van der Waals surface area (Å²) in [6.45, 7) is 2.25. The molecule has 0 unspecified atom stereocenters. The maximum atomic E-state index is 6.97. The predicted octanol–water partition coefficient (Wildman–Crippen LogP) is 4.14. The third-order valence-corrected chi connectivity index (χ3v) is 9.07. The molecular weight excluding hydrogens is 232 g/mol. The molecule has 0 N–H and O–H groups in total. The van der Waals surface area contributed by atoms with Crippen LogP contribution < -0.4 is 5.19 Å². The molecule has 0 amide bonds. The van der Waals surface area contributed by atoms with Crippen LogP contribution in [-0.4, -0.2) is 7.38 Å². The van der Waals surface area contributed by atoms with Crippen LogP contribution in [0.4, 0.5) is 0 Å². The molecule has 0 bridgehead atoms. The minimum absolute atomic E-state index is 1.18. The van der Waals surface area contributed by atoms with Crippen molar-refractivity contribution in [2.45, 2.75) is 38.7 Å². The average Bonchev–Trinajstić information content (AvgIpc) is 2.71. The molecule has 0 saturated heterocycles. The molecule has 0 fully saturated rings. The van der Waals surface area contributed by atoms with Gasteiger partial charge in [0.1, 0.15) is 0 Å². The molecule has 1 aromatic rings. The van der Waals surface area contributed by atoms with E-state index >= 15 is 0 Å². The maximum Gasteiger partial charge on any atom is 0.213 e. The normalized spacial score (nSPS) is 24.5. The molecule has 0 radical (unpaired) electrons. The van der Waals surface area contributed by atoms with Crippen LogP contribution in [0.15, 0.2) is 41.6 Å². The summed E-state index contributed by atoms with van der Waals surface area (Å²) in [5.74, 6) is 0. The zero-order chi connectivity index (χ0) is 11.4. The standard InChI is InChI=1S/C14H19ClSi/c1-2-3-8-13-11-7-12-16(13,15)14-9-5-4-6-10-14/h4-6,9-11H,2-3,7-8,12H2,1H3/t16-/m0/s1. The van der Waals surface area contributed by atoms with Crippen molar-refractivity contribution in [3.05, 3.63) is 41.6 Å². The van der Waals surface area contributed by atoms with E-state index in [9.17, 15) is 0 Å². The van der Waals surface area contributed by atoms with Crippen LogP contribution in [0.5, 0.6) is 0 Å². The Morgan fingerprint density at radius 1 is 1.25 bits per heavy atom. The molecule has 86 valence electrons. The number of hydrogen-bond donors (Lipinski definition) is 0. The minimum atomic E-state index is -1.80. The van der Waals surface area contributed by atoms with E-state index < -0.39 is 7.38 Å². The Morgan fingerprint density at radius 3 is 2.69 bits per heavy atom. The highest BCUT2D eigenvalue weighted by Crippen LogP contribution is 2.35. The summed E-state index contributed by atoms with van der Waals surface area (Å²) in [6.07, 6.45) is 7.33. The minimum Gasteiger partial charge on any atom is -0.155 e. The van der Waals surface area contributed by atoms with Gasteiger partial charge in [-0.2, -0.15) is 11.1 Å². The Bertz CT molecular complexity index is 372. The largest absolute Gasteiger partial charge is 0.213 e. The molecular formula is C14H19ClSi. The fourth-order valence-electron chi connectivity index (χ4n) is 2.47. The lowest BCUT2D eigenvalue weighted by molar-refractivity contribution is 0.805. The van der Waals surface area contributed by atoms with Gasteiger partial charge in [0, 0.05) is 0 Å². The topological polar surface area (TPSA) is 0 Å². The van der Waals surface area contributed by atoms with Gasteiger partial charge in [-0.3, -0.25) is 0 Å². The maximum absolute atomic E-state index is 6.97. The van der Waals surface area contributed by atoms with Gasteiger partial charge in [-0.15, -0.1) is 0 Å². The first kappa shape index (κ1) is 11.9. The van der Waals surface area contributed by atoms with Gasteiger partial charge in [-0.1, -0.05) is 61.4 Å². The number of halogens is 1. The molecule has 2 heteroatoms. The van der Waals surface area contributed by atoms with E-state index in [0.717, 1.165) is 0 Å². The summed E-state index contributed by atoms with van der Waals surface area (Å²) in [7, 11) is -1.80.